The molecule has 30 heavy (non-hydrogen) atoms. The van der Waals surface area contributed by atoms with E-state index >= 15 is 0 Å². The topological polar surface area (TPSA) is 53.0 Å². The van der Waals surface area contributed by atoms with Gasteiger partial charge in [-0.05, 0) is 35.7 Å². The number of H-pyrrole nitrogens is 1. The Morgan fingerprint density at radius 2 is 2.07 bits per heavy atom. The molecule has 1 N–H and O–H groups in total. The van der Waals surface area contributed by atoms with Gasteiger partial charge in [-0.3, -0.25) is 0 Å². The first kappa shape index (κ1) is 17.8. The van der Waals surface area contributed by atoms with Crippen LogP contribution in [0.1, 0.15) is 18.1 Å². The zero-order valence-corrected chi connectivity index (χ0v) is 18.2. The first-order chi connectivity index (χ1) is 14.7. The molecule has 2 aromatic carbocycles. The lowest BCUT2D eigenvalue weighted by Crippen LogP contribution is -2.27. The Hall–Kier alpha value is -3.06. The first-order valence-corrected chi connectivity index (χ1v) is 11.0. The number of allylic oxidation sites excluding steroid dienone is 1. The van der Waals surface area contributed by atoms with Gasteiger partial charge in [-0.1, -0.05) is 41.1 Å². The average Bonchev–Trinajstić information content (AvgIpc) is 3.46. The molecule has 0 atom stereocenters. The molecule has 0 saturated heterocycles. The average molecular weight is 461 g/mol. The number of aryl methyl sites for hydroxylation is 1. The number of anilines is 1. The molecule has 4 heterocycles. The van der Waals surface area contributed by atoms with Crippen molar-refractivity contribution >= 4 is 32.5 Å². The molecule has 2 aliphatic heterocycles. The number of halogens is 1. The van der Waals surface area contributed by atoms with Crippen LogP contribution in [0.2, 0.25) is 0 Å². The fraction of sp³-hybridized carbons (Fsp3) is 0.217. The van der Waals surface area contributed by atoms with E-state index in [1.807, 2.05) is 6.33 Å². The van der Waals surface area contributed by atoms with Gasteiger partial charge in [-0.25, -0.2) is 0 Å². The lowest BCUT2D eigenvalue weighted by molar-refractivity contribution is 0.402. The number of para-hydroxylation sites is 1. The zero-order valence-electron chi connectivity index (χ0n) is 16.6. The van der Waals surface area contributed by atoms with E-state index in [1.165, 1.54) is 39.0 Å². The fourth-order valence-corrected chi connectivity index (χ4v) is 5.16. The molecular weight excluding hydrogens is 440 g/mol. The van der Waals surface area contributed by atoms with Crippen LogP contribution in [-0.2, 0) is 19.5 Å². The van der Waals surface area contributed by atoms with Gasteiger partial charge in [0.1, 0.15) is 6.33 Å². The summed E-state index contributed by atoms with van der Waals surface area (Å²) in [7, 11) is 0. The number of hydrogen-bond donors (Lipinski definition) is 1. The van der Waals surface area contributed by atoms with Gasteiger partial charge in [-0.15, -0.1) is 10.2 Å². The summed E-state index contributed by atoms with van der Waals surface area (Å²) < 4.78 is 3.26. The summed E-state index contributed by atoms with van der Waals surface area (Å²) in [5, 5.41) is 9.96. The van der Waals surface area contributed by atoms with Crippen molar-refractivity contribution in [2.75, 3.05) is 11.6 Å². The maximum Gasteiger partial charge on any atom is 0.166 e. The molecule has 0 amide bonds. The largest absolute Gasteiger partial charge is 0.361 e. The predicted octanol–water partition coefficient (Wildman–Crippen LogP) is 4.89. The number of hydrogen-bond acceptors (Lipinski definition) is 4. The monoisotopic (exact) mass is 460 g/mol. The summed E-state index contributed by atoms with van der Waals surface area (Å²) >= 11 is 3.72. The molecule has 0 unspecified atom stereocenters. The minimum Gasteiger partial charge on any atom is -0.361 e. The maximum absolute atomic E-state index is 4.46. The van der Waals surface area contributed by atoms with Crippen LogP contribution in [-0.4, -0.2) is 31.3 Å². The second kappa shape index (κ2) is 6.74. The Labute approximate surface area is 183 Å². The molecule has 0 saturated carbocycles. The highest BCUT2D eigenvalue weighted by molar-refractivity contribution is 9.10. The number of fused-ring (bicyclic) bond motifs is 6. The van der Waals surface area contributed by atoms with Gasteiger partial charge < -0.3 is 19.4 Å². The molecule has 6 nitrogen and oxygen atoms in total. The van der Waals surface area contributed by atoms with E-state index in [-0.39, 0.29) is 0 Å². The van der Waals surface area contributed by atoms with Gasteiger partial charge in [0.25, 0.3) is 0 Å². The summed E-state index contributed by atoms with van der Waals surface area (Å²) in [5.41, 5.74) is 7.43. The Morgan fingerprint density at radius 1 is 1.17 bits per heavy atom. The molecule has 0 aliphatic carbocycles. The lowest BCUT2D eigenvalue weighted by Gasteiger charge is -2.25. The van der Waals surface area contributed by atoms with Crippen molar-refractivity contribution < 1.29 is 0 Å². The van der Waals surface area contributed by atoms with Crippen LogP contribution < -0.4 is 4.90 Å². The van der Waals surface area contributed by atoms with E-state index in [0.29, 0.717) is 0 Å². The molecule has 7 heteroatoms. The summed E-state index contributed by atoms with van der Waals surface area (Å²) in [6.07, 6.45) is 7.20. The Morgan fingerprint density at radius 3 is 2.97 bits per heavy atom. The number of rotatable bonds is 3. The fourth-order valence-electron chi connectivity index (χ4n) is 4.66. The Bertz CT molecular complexity index is 1300. The predicted molar refractivity (Wildman–Crippen MR) is 122 cm³/mol. The molecule has 0 radical (unpaired) electrons. The third-order valence-electron chi connectivity index (χ3n) is 6.06. The van der Waals surface area contributed by atoms with Crippen molar-refractivity contribution in [1.82, 2.24) is 24.6 Å². The van der Waals surface area contributed by atoms with Gasteiger partial charge in [0.15, 0.2) is 5.82 Å². The zero-order chi connectivity index (χ0) is 20.2. The first-order valence-electron chi connectivity index (χ1n) is 10.2. The van der Waals surface area contributed by atoms with Crippen LogP contribution >= 0.6 is 15.9 Å². The molecule has 150 valence electrons. The van der Waals surface area contributed by atoms with Crippen molar-refractivity contribution in [2.24, 2.45) is 0 Å². The highest BCUT2D eigenvalue weighted by Gasteiger charge is 2.31. The van der Waals surface area contributed by atoms with Crippen molar-refractivity contribution in [1.29, 1.82) is 0 Å². The molecule has 2 aromatic heterocycles. The standard InChI is InChI=1S/C23H21BrN6/c1-2-15-7-17(24)8-21-22(15)23-27-26-13-29(23)12-18-11-28(14-30(18)21)10-16-9-25-20-6-4-3-5-19(16)20/h3-9,11,13,25H,2,10,12,14H2,1H3. The van der Waals surface area contributed by atoms with Crippen molar-refractivity contribution in [3.63, 3.8) is 0 Å². The van der Waals surface area contributed by atoms with E-state index < -0.39 is 0 Å². The minimum absolute atomic E-state index is 0.766. The molecule has 4 aromatic rings. The van der Waals surface area contributed by atoms with E-state index in [4.69, 9.17) is 0 Å². The number of nitrogens with zero attached hydrogens (tertiary/aromatic N) is 5. The van der Waals surface area contributed by atoms with Crippen LogP contribution in [0.15, 0.2) is 65.3 Å². The van der Waals surface area contributed by atoms with E-state index in [1.54, 1.807) is 0 Å². The van der Waals surface area contributed by atoms with Gasteiger partial charge >= 0.3 is 0 Å². The van der Waals surface area contributed by atoms with Gasteiger partial charge in [0.2, 0.25) is 0 Å². The van der Waals surface area contributed by atoms with Gasteiger partial charge in [-0.2, -0.15) is 0 Å². The smallest absolute Gasteiger partial charge is 0.166 e. The number of nitrogens with one attached hydrogen (secondary N) is 1. The second-order valence-corrected chi connectivity index (χ2v) is 8.81. The quantitative estimate of drug-likeness (QED) is 0.472. The Kier molecular flexibility index (Phi) is 3.99. The SMILES string of the molecule is CCc1cc(Br)cc2c1-c1nncn1CC1=CN(Cc3c[nH]c4ccccc34)CN12. The number of aromatic nitrogens is 4. The van der Waals surface area contributed by atoms with Crippen LogP contribution in [0.4, 0.5) is 5.69 Å². The number of benzene rings is 2. The lowest BCUT2D eigenvalue weighted by atomic mass is 10.0. The van der Waals surface area contributed by atoms with Crippen LogP contribution in [0.5, 0.6) is 0 Å². The molecule has 6 rings (SSSR count). The second-order valence-electron chi connectivity index (χ2n) is 7.89. The highest BCUT2D eigenvalue weighted by Crippen LogP contribution is 2.42. The van der Waals surface area contributed by atoms with E-state index in [0.717, 1.165) is 36.5 Å². The summed E-state index contributed by atoms with van der Waals surface area (Å²) in [6.45, 7) is 4.64. The van der Waals surface area contributed by atoms with E-state index in [2.05, 4.69) is 101 Å². The summed E-state index contributed by atoms with van der Waals surface area (Å²) in [4.78, 5) is 8.20. The van der Waals surface area contributed by atoms with Crippen LogP contribution in [0.3, 0.4) is 0 Å². The third kappa shape index (κ3) is 2.69. The van der Waals surface area contributed by atoms with Crippen molar-refractivity contribution in [2.45, 2.75) is 26.4 Å². The molecule has 0 spiro atoms. The molecule has 2 aliphatic rings. The summed E-state index contributed by atoms with van der Waals surface area (Å²) in [6, 6.07) is 12.9. The molecule has 0 bridgehead atoms. The Balaban J connectivity index is 1.42. The number of aromatic amines is 1. The highest BCUT2D eigenvalue weighted by atomic mass is 79.9. The van der Waals surface area contributed by atoms with Crippen molar-refractivity contribution in [3.8, 4) is 11.4 Å². The minimum atomic E-state index is 0.766. The molecular formula is C23H21BrN6. The van der Waals surface area contributed by atoms with Gasteiger partial charge in [0.05, 0.1) is 24.6 Å². The van der Waals surface area contributed by atoms with E-state index in [9.17, 15) is 0 Å². The molecule has 0 fully saturated rings. The third-order valence-corrected chi connectivity index (χ3v) is 6.51. The van der Waals surface area contributed by atoms with Crippen LogP contribution in [0, 0.1) is 0 Å². The normalized spacial score (nSPS) is 15.1. The summed E-state index contributed by atoms with van der Waals surface area (Å²) in [5.74, 6) is 0.952. The van der Waals surface area contributed by atoms with Crippen LogP contribution in [0.25, 0.3) is 22.3 Å². The van der Waals surface area contributed by atoms with Gasteiger partial charge in [0, 0.05) is 39.9 Å². The maximum atomic E-state index is 4.46. The van der Waals surface area contributed by atoms with Crippen molar-refractivity contribution in [3.05, 3.63) is 76.4 Å².